The lowest BCUT2D eigenvalue weighted by molar-refractivity contribution is 0.409. The molecule has 2 rings (SSSR count). The van der Waals surface area contributed by atoms with Crippen LogP contribution in [0.5, 0.6) is 5.75 Å². The number of rotatable bonds is 6. The number of sulfonamides is 1. The summed E-state index contributed by atoms with van der Waals surface area (Å²) < 4.78 is 58.0. The largest absolute Gasteiger partial charge is 0.496 e. The first-order valence-electron chi connectivity index (χ1n) is 6.50. The Labute approximate surface area is 127 Å². The number of ether oxygens (including phenoxy) is 1. The van der Waals surface area contributed by atoms with Crippen molar-refractivity contribution in [1.82, 2.24) is 4.72 Å². The molecule has 2 aromatic carbocycles. The maximum atomic E-state index is 13.5. The Kier molecular flexibility index (Phi) is 5.10. The zero-order valence-corrected chi connectivity index (χ0v) is 12.7. The molecular weight excluding hydrogens is 312 g/mol. The van der Waals surface area contributed by atoms with Crippen LogP contribution in [0.25, 0.3) is 0 Å². The molecule has 0 aliphatic rings. The summed E-state index contributed by atoms with van der Waals surface area (Å²) >= 11 is 0. The average Bonchev–Trinajstić information content (AvgIpc) is 2.50. The van der Waals surface area contributed by atoms with Crippen LogP contribution < -0.4 is 9.46 Å². The van der Waals surface area contributed by atoms with E-state index in [2.05, 4.69) is 4.72 Å². The van der Waals surface area contributed by atoms with Crippen molar-refractivity contribution in [2.75, 3.05) is 13.7 Å². The molecule has 118 valence electrons. The molecule has 0 saturated heterocycles. The van der Waals surface area contributed by atoms with Gasteiger partial charge in [-0.15, -0.1) is 0 Å². The molecule has 0 saturated carbocycles. The van der Waals surface area contributed by atoms with Gasteiger partial charge in [0.2, 0.25) is 10.0 Å². The topological polar surface area (TPSA) is 55.4 Å². The van der Waals surface area contributed by atoms with E-state index >= 15 is 0 Å². The summed E-state index contributed by atoms with van der Waals surface area (Å²) in [5.74, 6) is -1.17. The van der Waals surface area contributed by atoms with E-state index in [0.29, 0.717) is 18.2 Å². The quantitative estimate of drug-likeness (QED) is 0.887. The minimum Gasteiger partial charge on any atom is -0.496 e. The van der Waals surface area contributed by atoms with Crippen molar-refractivity contribution < 1.29 is 21.9 Å². The predicted octanol–water partition coefficient (Wildman–Crippen LogP) is 2.49. The molecule has 2 aromatic rings. The first kappa shape index (κ1) is 16.4. The fraction of sp³-hybridized carbons (Fsp3) is 0.200. The summed E-state index contributed by atoms with van der Waals surface area (Å²) in [7, 11) is -2.59. The first-order chi connectivity index (χ1) is 10.4. The summed E-state index contributed by atoms with van der Waals surface area (Å²) in [5, 5.41) is 0. The van der Waals surface area contributed by atoms with Crippen molar-refractivity contribution in [3.8, 4) is 5.75 Å². The van der Waals surface area contributed by atoms with Crippen LogP contribution in [0.4, 0.5) is 8.78 Å². The smallest absolute Gasteiger partial charge is 0.243 e. The van der Waals surface area contributed by atoms with E-state index in [0.717, 1.165) is 17.7 Å². The molecule has 0 aromatic heterocycles. The van der Waals surface area contributed by atoms with Gasteiger partial charge in [-0.2, -0.15) is 0 Å². The maximum absolute atomic E-state index is 13.5. The molecule has 0 bridgehead atoms. The molecule has 0 amide bonds. The Morgan fingerprint density at radius 3 is 2.59 bits per heavy atom. The molecule has 0 spiro atoms. The van der Waals surface area contributed by atoms with Gasteiger partial charge < -0.3 is 4.74 Å². The zero-order chi connectivity index (χ0) is 16.2. The van der Waals surface area contributed by atoms with Gasteiger partial charge in [-0.05, 0) is 36.2 Å². The van der Waals surface area contributed by atoms with Crippen molar-refractivity contribution in [3.05, 3.63) is 59.7 Å². The molecule has 1 N–H and O–H groups in total. The fourth-order valence-electron chi connectivity index (χ4n) is 1.99. The van der Waals surface area contributed by atoms with Gasteiger partial charge in [0.1, 0.15) is 22.3 Å². The minimum atomic E-state index is -4.11. The van der Waals surface area contributed by atoms with E-state index in [1.165, 1.54) is 7.11 Å². The second kappa shape index (κ2) is 6.85. The van der Waals surface area contributed by atoms with Crippen LogP contribution in [0.1, 0.15) is 5.56 Å². The summed E-state index contributed by atoms with van der Waals surface area (Å²) in [4.78, 5) is -0.701. The van der Waals surface area contributed by atoms with Crippen molar-refractivity contribution in [2.24, 2.45) is 0 Å². The molecular formula is C15H15F2NO3S. The number of nitrogens with one attached hydrogen (secondary N) is 1. The Hall–Kier alpha value is -1.99. The number of methoxy groups -OCH3 is 1. The molecule has 0 radical (unpaired) electrons. The molecule has 0 aliphatic heterocycles. The third-order valence-electron chi connectivity index (χ3n) is 3.06. The van der Waals surface area contributed by atoms with Crippen LogP contribution in [0.3, 0.4) is 0 Å². The summed E-state index contributed by atoms with van der Waals surface area (Å²) in [5.41, 5.74) is 0.812. The van der Waals surface area contributed by atoms with E-state index < -0.39 is 26.6 Å². The van der Waals surface area contributed by atoms with Gasteiger partial charge in [0.15, 0.2) is 0 Å². The van der Waals surface area contributed by atoms with E-state index in [4.69, 9.17) is 4.74 Å². The Morgan fingerprint density at radius 1 is 1.14 bits per heavy atom. The van der Waals surface area contributed by atoms with Crippen LogP contribution >= 0.6 is 0 Å². The van der Waals surface area contributed by atoms with Crippen molar-refractivity contribution in [1.29, 1.82) is 0 Å². The summed E-state index contributed by atoms with van der Waals surface area (Å²) in [6, 6.07) is 9.47. The average molecular weight is 327 g/mol. The Morgan fingerprint density at radius 2 is 1.86 bits per heavy atom. The van der Waals surface area contributed by atoms with E-state index in [9.17, 15) is 17.2 Å². The monoisotopic (exact) mass is 327 g/mol. The highest BCUT2D eigenvalue weighted by molar-refractivity contribution is 7.89. The highest BCUT2D eigenvalue weighted by Crippen LogP contribution is 2.18. The Bertz CT molecular complexity index is 763. The van der Waals surface area contributed by atoms with Gasteiger partial charge in [-0.1, -0.05) is 18.2 Å². The third kappa shape index (κ3) is 3.80. The predicted molar refractivity (Wildman–Crippen MR) is 78.2 cm³/mol. The van der Waals surface area contributed by atoms with Crippen LogP contribution in [-0.4, -0.2) is 22.1 Å². The van der Waals surface area contributed by atoms with Crippen molar-refractivity contribution in [2.45, 2.75) is 11.3 Å². The molecule has 0 fully saturated rings. The SMILES string of the molecule is COc1ccccc1CCNS(=O)(=O)c1cc(F)ccc1F. The molecule has 0 atom stereocenters. The van der Waals surface area contributed by atoms with E-state index in [-0.39, 0.29) is 6.54 Å². The second-order valence-corrected chi connectivity index (χ2v) is 6.27. The number of benzene rings is 2. The number of hydrogen-bond acceptors (Lipinski definition) is 3. The number of para-hydroxylation sites is 1. The van der Waals surface area contributed by atoms with Crippen molar-refractivity contribution in [3.63, 3.8) is 0 Å². The van der Waals surface area contributed by atoms with Gasteiger partial charge in [-0.3, -0.25) is 0 Å². The minimum absolute atomic E-state index is 0.0403. The van der Waals surface area contributed by atoms with Crippen LogP contribution in [-0.2, 0) is 16.4 Å². The highest BCUT2D eigenvalue weighted by Gasteiger charge is 2.19. The highest BCUT2D eigenvalue weighted by atomic mass is 32.2. The Balaban J connectivity index is 2.09. The normalized spacial score (nSPS) is 11.4. The molecule has 0 aliphatic carbocycles. The van der Waals surface area contributed by atoms with Crippen LogP contribution in [0, 0.1) is 11.6 Å². The first-order valence-corrected chi connectivity index (χ1v) is 7.99. The molecule has 7 heteroatoms. The second-order valence-electron chi connectivity index (χ2n) is 4.53. The van der Waals surface area contributed by atoms with E-state index in [1.807, 2.05) is 0 Å². The molecule has 4 nitrogen and oxygen atoms in total. The summed E-state index contributed by atoms with van der Waals surface area (Å²) in [6.07, 6.45) is 0.361. The standard InChI is InChI=1S/C15H15F2NO3S/c1-21-14-5-3-2-4-11(14)8-9-18-22(19,20)15-10-12(16)6-7-13(15)17/h2-7,10,18H,8-9H2,1H3. The van der Waals surface area contributed by atoms with E-state index in [1.54, 1.807) is 24.3 Å². The van der Waals surface area contributed by atoms with Gasteiger partial charge in [0.25, 0.3) is 0 Å². The van der Waals surface area contributed by atoms with Crippen LogP contribution in [0.2, 0.25) is 0 Å². The van der Waals surface area contributed by atoms with Crippen molar-refractivity contribution >= 4 is 10.0 Å². The zero-order valence-electron chi connectivity index (χ0n) is 11.8. The lowest BCUT2D eigenvalue weighted by atomic mass is 10.1. The third-order valence-corrected chi connectivity index (χ3v) is 4.54. The van der Waals surface area contributed by atoms with Gasteiger partial charge in [0, 0.05) is 6.54 Å². The van der Waals surface area contributed by atoms with Crippen LogP contribution in [0.15, 0.2) is 47.4 Å². The van der Waals surface area contributed by atoms with Gasteiger partial charge >= 0.3 is 0 Å². The number of halogens is 2. The molecule has 0 unspecified atom stereocenters. The lowest BCUT2D eigenvalue weighted by Gasteiger charge is -2.10. The molecule has 22 heavy (non-hydrogen) atoms. The maximum Gasteiger partial charge on any atom is 0.243 e. The molecule has 0 heterocycles. The fourth-order valence-corrected chi connectivity index (χ4v) is 3.11. The lowest BCUT2D eigenvalue weighted by Crippen LogP contribution is -2.27. The number of hydrogen-bond donors (Lipinski definition) is 1. The van der Waals surface area contributed by atoms with Gasteiger partial charge in [0.05, 0.1) is 7.11 Å². The summed E-state index contributed by atoms with van der Waals surface area (Å²) in [6.45, 7) is 0.0403. The van der Waals surface area contributed by atoms with Gasteiger partial charge in [-0.25, -0.2) is 21.9 Å².